The van der Waals surface area contributed by atoms with Crippen LogP contribution in [-0.2, 0) is 16.6 Å². The number of aromatic nitrogens is 2. The van der Waals surface area contributed by atoms with E-state index in [2.05, 4.69) is 22.0 Å². The first kappa shape index (κ1) is 32.5. The second-order valence-electron chi connectivity index (χ2n) is 10.7. The summed E-state index contributed by atoms with van der Waals surface area (Å²) in [5.41, 5.74) is 6.52. The highest BCUT2D eigenvalue weighted by Gasteiger charge is 2.29. The van der Waals surface area contributed by atoms with Gasteiger partial charge in [-0.3, -0.25) is 10.2 Å². The summed E-state index contributed by atoms with van der Waals surface area (Å²) in [5, 5.41) is 9.12. The fourth-order valence-electron chi connectivity index (χ4n) is 5.04. The largest absolute Gasteiger partial charge is 0.286 e. The van der Waals surface area contributed by atoms with E-state index in [4.69, 9.17) is 28.3 Å². The first-order chi connectivity index (χ1) is 22.2. The summed E-state index contributed by atoms with van der Waals surface area (Å²) >= 11 is 15.4. The molecule has 0 atom stereocenters. The molecule has 46 heavy (non-hydrogen) atoms. The number of halogens is 2. The van der Waals surface area contributed by atoms with Crippen LogP contribution in [0, 0.1) is 18.8 Å². The van der Waals surface area contributed by atoms with Crippen LogP contribution in [0.2, 0.25) is 10.0 Å². The van der Waals surface area contributed by atoms with Crippen molar-refractivity contribution in [1.82, 2.24) is 24.9 Å². The number of hydrogen-bond acceptors (Lipinski definition) is 7. The maximum absolute atomic E-state index is 13.9. The molecule has 0 spiro atoms. The SMILES string of the molecule is Cc1ccc(C#Cc2ccc(-c3c(CNS(=O)(=O)c4cccs4)c(C(=O)NN4CCCCC4)nn3-c3ccc(Cl)cc3Cl)s2)cc1. The summed E-state index contributed by atoms with van der Waals surface area (Å²) in [5.74, 6) is 5.99. The molecule has 13 heteroatoms. The van der Waals surface area contributed by atoms with Crippen molar-refractivity contribution in [3.05, 3.63) is 109 Å². The fourth-order valence-corrected chi connectivity index (χ4v) is 8.48. The Bertz CT molecular complexity index is 2040. The highest BCUT2D eigenvalue weighted by Crippen LogP contribution is 2.37. The van der Waals surface area contributed by atoms with E-state index in [0.29, 0.717) is 27.0 Å². The highest BCUT2D eigenvalue weighted by atomic mass is 35.5. The van der Waals surface area contributed by atoms with Crippen LogP contribution in [0.4, 0.5) is 0 Å². The van der Waals surface area contributed by atoms with Gasteiger partial charge in [-0.1, -0.05) is 65.2 Å². The van der Waals surface area contributed by atoms with Gasteiger partial charge in [0.15, 0.2) is 5.69 Å². The number of aryl methyl sites for hydroxylation is 1. The van der Waals surface area contributed by atoms with E-state index in [1.807, 2.05) is 48.3 Å². The van der Waals surface area contributed by atoms with Crippen LogP contribution >= 0.6 is 45.9 Å². The molecule has 1 fully saturated rings. The van der Waals surface area contributed by atoms with E-state index in [1.54, 1.807) is 34.3 Å². The Balaban J connectivity index is 1.47. The molecule has 1 amide bonds. The minimum atomic E-state index is -3.86. The van der Waals surface area contributed by atoms with E-state index in [-0.39, 0.29) is 16.4 Å². The summed E-state index contributed by atoms with van der Waals surface area (Å²) in [6.45, 7) is 3.27. The van der Waals surface area contributed by atoms with Crippen molar-refractivity contribution in [2.75, 3.05) is 13.1 Å². The number of carbonyl (C=O) groups is 1. The molecule has 1 aliphatic heterocycles. The predicted octanol–water partition coefficient (Wildman–Crippen LogP) is 7.29. The standard InChI is InChI=1S/C33H29Cl2N5O3S3/c1-22-7-9-23(10-8-22)11-13-25-14-16-29(45-25)32-26(21-36-46(42,43)30-6-5-19-44-30)31(33(41)38-39-17-3-2-4-18-39)37-40(32)28-15-12-24(34)20-27(28)35/h5-10,12,14-16,19-20,36H,2-4,17-18,21H2,1H3,(H,38,41). The number of carbonyl (C=O) groups excluding carboxylic acids is 1. The van der Waals surface area contributed by atoms with Crippen LogP contribution in [0.25, 0.3) is 16.3 Å². The van der Waals surface area contributed by atoms with Gasteiger partial charge in [0.1, 0.15) is 4.21 Å². The number of amides is 1. The third kappa shape index (κ3) is 7.40. The van der Waals surface area contributed by atoms with Crippen molar-refractivity contribution in [1.29, 1.82) is 0 Å². The minimum absolute atomic E-state index is 0.0844. The van der Waals surface area contributed by atoms with Gasteiger partial charge in [0.2, 0.25) is 10.0 Å². The van der Waals surface area contributed by atoms with Gasteiger partial charge in [-0.15, -0.1) is 22.7 Å². The zero-order valence-electron chi connectivity index (χ0n) is 24.7. The zero-order chi connectivity index (χ0) is 32.3. The van der Waals surface area contributed by atoms with Crippen LogP contribution in [-0.4, -0.2) is 42.2 Å². The van der Waals surface area contributed by atoms with E-state index in [1.165, 1.54) is 17.4 Å². The fraction of sp³-hybridized carbons (Fsp3) is 0.212. The maximum Gasteiger partial charge on any atom is 0.286 e. The van der Waals surface area contributed by atoms with Crippen LogP contribution in [0.1, 0.15) is 51.3 Å². The van der Waals surface area contributed by atoms with Gasteiger partial charge in [0, 0.05) is 35.8 Å². The van der Waals surface area contributed by atoms with Gasteiger partial charge in [-0.25, -0.2) is 22.8 Å². The van der Waals surface area contributed by atoms with Crippen molar-refractivity contribution >= 4 is 61.8 Å². The molecule has 236 valence electrons. The van der Waals surface area contributed by atoms with Gasteiger partial charge in [0.05, 0.1) is 26.2 Å². The number of hydrogen-bond donors (Lipinski definition) is 2. The number of benzene rings is 2. The van der Waals surface area contributed by atoms with Crippen molar-refractivity contribution in [3.63, 3.8) is 0 Å². The molecule has 2 N–H and O–H groups in total. The predicted molar refractivity (Wildman–Crippen MR) is 185 cm³/mol. The quantitative estimate of drug-likeness (QED) is 0.165. The van der Waals surface area contributed by atoms with Crippen LogP contribution in [0.5, 0.6) is 0 Å². The first-order valence-corrected chi connectivity index (χ1v) is 18.5. The Morgan fingerprint density at radius 2 is 1.78 bits per heavy atom. The van der Waals surface area contributed by atoms with Crippen molar-refractivity contribution < 1.29 is 13.2 Å². The lowest BCUT2D eigenvalue weighted by Gasteiger charge is -2.26. The molecule has 0 saturated carbocycles. The Hall–Kier alpha value is -3.47. The van der Waals surface area contributed by atoms with Crippen molar-refractivity contribution in [2.45, 2.75) is 36.9 Å². The maximum atomic E-state index is 13.9. The van der Waals surface area contributed by atoms with Crippen LogP contribution in [0.3, 0.4) is 0 Å². The number of piperidine rings is 1. The molecule has 8 nitrogen and oxygen atoms in total. The Labute approximate surface area is 286 Å². The monoisotopic (exact) mass is 709 g/mol. The summed E-state index contributed by atoms with van der Waals surface area (Å²) in [7, 11) is -3.86. The summed E-state index contributed by atoms with van der Waals surface area (Å²) in [6, 6.07) is 20.0. The third-order valence-corrected chi connectivity index (χ3v) is 11.7. The summed E-state index contributed by atoms with van der Waals surface area (Å²) in [4.78, 5) is 15.4. The minimum Gasteiger partial charge on any atom is -0.283 e. The number of hydrazine groups is 1. The summed E-state index contributed by atoms with van der Waals surface area (Å²) < 4.78 is 30.9. The molecule has 1 saturated heterocycles. The zero-order valence-corrected chi connectivity index (χ0v) is 28.7. The Kier molecular flexibility index (Phi) is 9.96. The molecule has 6 rings (SSSR count). The number of nitrogens with one attached hydrogen (secondary N) is 2. The number of thiophene rings is 2. The first-order valence-electron chi connectivity index (χ1n) is 14.5. The van der Waals surface area contributed by atoms with Crippen LogP contribution < -0.4 is 10.1 Å². The second kappa shape index (κ2) is 14.1. The highest BCUT2D eigenvalue weighted by molar-refractivity contribution is 7.91. The molecule has 3 aromatic heterocycles. The van der Waals surface area contributed by atoms with Gasteiger partial charge in [-0.05, 0) is 73.7 Å². The van der Waals surface area contributed by atoms with Gasteiger partial charge in [-0.2, -0.15) is 5.10 Å². The molecule has 0 unspecified atom stereocenters. The van der Waals surface area contributed by atoms with E-state index < -0.39 is 15.9 Å². The molecule has 2 aromatic carbocycles. The lowest BCUT2D eigenvalue weighted by molar-refractivity contribution is 0.0743. The molecule has 1 aliphatic rings. The topological polar surface area (TPSA) is 96.3 Å². The molecule has 4 heterocycles. The van der Waals surface area contributed by atoms with Gasteiger partial charge < -0.3 is 0 Å². The third-order valence-electron chi connectivity index (χ3n) is 7.37. The van der Waals surface area contributed by atoms with Gasteiger partial charge in [0.25, 0.3) is 5.91 Å². The number of sulfonamides is 1. The summed E-state index contributed by atoms with van der Waals surface area (Å²) in [6.07, 6.45) is 3.04. The molecular weight excluding hydrogens is 682 g/mol. The average Bonchev–Trinajstić information content (AvgIpc) is 3.81. The van der Waals surface area contributed by atoms with E-state index in [9.17, 15) is 13.2 Å². The Morgan fingerprint density at radius 1 is 1.00 bits per heavy atom. The lowest BCUT2D eigenvalue weighted by Crippen LogP contribution is -2.45. The lowest BCUT2D eigenvalue weighted by atomic mass is 10.1. The van der Waals surface area contributed by atoms with E-state index in [0.717, 1.165) is 64.6 Å². The van der Waals surface area contributed by atoms with Crippen molar-refractivity contribution in [3.8, 4) is 28.1 Å². The molecule has 5 aromatic rings. The number of rotatable bonds is 8. The average molecular weight is 711 g/mol. The Morgan fingerprint density at radius 3 is 2.50 bits per heavy atom. The van der Waals surface area contributed by atoms with Crippen LogP contribution in [0.15, 0.2) is 76.3 Å². The van der Waals surface area contributed by atoms with Crippen molar-refractivity contribution in [2.24, 2.45) is 0 Å². The van der Waals surface area contributed by atoms with E-state index >= 15 is 0 Å². The smallest absolute Gasteiger partial charge is 0.283 e. The molecular formula is C33H29Cl2N5O3S3. The normalized spacial score (nSPS) is 13.7. The molecule has 0 aliphatic carbocycles. The molecule has 0 bridgehead atoms. The second-order valence-corrected chi connectivity index (χ2v) is 15.6. The number of nitrogens with zero attached hydrogens (tertiary/aromatic N) is 3. The van der Waals surface area contributed by atoms with Gasteiger partial charge >= 0.3 is 0 Å². The molecule has 0 radical (unpaired) electrons.